The van der Waals surface area contributed by atoms with Crippen LogP contribution >= 0.6 is 12.3 Å². The Hall–Kier alpha value is -0.750. The average Bonchev–Trinajstić information content (AvgIpc) is 2.12. The minimum absolute atomic E-state index is 0.789. The quantitative estimate of drug-likeness (QED) is 0.610. The van der Waals surface area contributed by atoms with Crippen molar-refractivity contribution in [2.24, 2.45) is 0 Å². The van der Waals surface area contributed by atoms with Crippen LogP contribution in [0.5, 0.6) is 0 Å². The molecule has 0 amide bonds. The third-order valence-electron chi connectivity index (χ3n) is 2.01. The largest absolute Gasteiger partial charge is 0.399 e. The fraction of sp³-hybridized carbons (Fsp3) is 0.333. The monoisotopic (exact) mass is 212 g/mol. The molecule has 0 aromatic heterocycles. The molecule has 4 nitrogen and oxygen atoms in total. The highest BCUT2D eigenvalue weighted by molar-refractivity contribution is 7.90. The van der Waals surface area contributed by atoms with Gasteiger partial charge < -0.3 is 5.73 Å². The van der Waals surface area contributed by atoms with Crippen molar-refractivity contribution in [1.82, 2.24) is 5.23 Å². The highest BCUT2D eigenvalue weighted by Gasteiger charge is 2.17. The zero-order chi connectivity index (χ0) is 9.80. The van der Waals surface area contributed by atoms with Crippen LogP contribution in [-0.2, 0) is 15.0 Å². The van der Waals surface area contributed by atoms with Crippen molar-refractivity contribution in [3.8, 4) is 0 Å². The number of benzene rings is 1. The van der Waals surface area contributed by atoms with Crippen LogP contribution in [0.25, 0.3) is 0 Å². The van der Waals surface area contributed by atoms with Gasteiger partial charge in [-0.15, -0.1) is 0 Å². The first-order valence-corrected chi connectivity index (χ1v) is 5.14. The van der Waals surface area contributed by atoms with Crippen molar-refractivity contribution in [2.75, 3.05) is 12.3 Å². The first kappa shape index (κ1) is 9.79. The SMILES string of the molecule is Nc1ccc(CCCN2OSO2)cc1. The molecular formula is C9H12N2O2S. The molecule has 0 atom stereocenters. The van der Waals surface area contributed by atoms with Crippen molar-refractivity contribution in [1.29, 1.82) is 0 Å². The number of aryl methyl sites for hydroxylation is 1. The van der Waals surface area contributed by atoms with Gasteiger partial charge in [0.15, 0.2) is 0 Å². The predicted octanol–water partition coefficient (Wildman–Crippen LogP) is 1.94. The molecule has 1 fully saturated rings. The maximum Gasteiger partial charge on any atom is 0.203 e. The normalized spacial score (nSPS) is 16.6. The van der Waals surface area contributed by atoms with Crippen molar-refractivity contribution in [3.63, 3.8) is 0 Å². The molecule has 0 radical (unpaired) electrons. The molecule has 1 heterocycles. The molecule has 5 heteroatoms. The van der Waals surface area contributed by atoms with E-state index in [2.05, 4.69) is 0 Å². The van der Waals surface area contributed by atoms with Crippen LogP contribution in [0.4, 0.5) is 5.69 Å². The summed E-state index contributed by atoms with van der Waals surface area (Å²) in [7, 11) is 0. The van der Waals surface area contributed by atoms with Gasteiger partial charge in [-0.3, -0.25) is 0 Å². The third-order valence-corrected chi connectivity index (χ3v) is 2.47. The molecule has 2 rings (SSSR count). The van der Waals surface area contributed by atoms with Crippen molar-refractivity contribution >= 4 is 18.0 Å². The van der Waals surface area contributed by atoms with Gasteiger partial charge in [0.25, 0.3) is 0 Å². The molecule has 14 heavy (non-hydrogen) atoms. The van der Waals surface area contributed by atoms with Crippen LogP contribution in [-0.4, -0.2) is 11.8 Å². The van der Waals surface area contributed by atoms with Gasteiger partial charge in [-0.2, -0.15) is 8.57 Å². The summed E-state index contributed by atoms with van der Waals surface area (Å²) >= 11 is 1.00. The summed E-state index contributed by atoms with van der Waals surface area (Å²) in [4.78, 5) is 0. The maximum atomic E-state index is 5.58. The Balaban J connectivity index is 1.71. The van der Waals surface area contributed by atoms with Crippen LogP contribution in [0.3, 0.4) is 0 Å². The summed E-state index contributed by atoms with van der Waals surface area (Å²) in [6.07, 6.45) is 2.01. The lowest BCUT2D eigenvalue weighted by molar-refractivity contribution is -0.302. The van der Waals surface area contributed by atoms with E-state index < -0.39 is 0 Å². The Morgan fingerprint density at radius 2 is 1.93 bits per heavy atom. The molecule has 1 saturated heterocycles. The number of nitrogens with zero attached hydrogens (tertiary/aromatic N) is 1. The number of hydrogen-bond acceptors (Lipinski definition) is 5. The summed E-state index contributed by atoms with van der Waals surface area (Å²) in [5.41, 5.74) is 7.67. The highest BCUT2D eigenvalue weighted by atomic mass is 32.2. The van der Waals surface area contributed by atoms with Gasteiger partial charge in [-0.25, -0.2) is 0 Å². The third kappa shape index (κ3) is 2.62. The second kappa shape index (κ2) is 4.65. The smallest absolute Gasteiger partial charge is 0.203 e. The zero-order valence-corrected chi connectivity index (χ0v) is 8.50. The number of hydroxylamine groups is 2. The van der Waals surface area contributed by atoms with E-state index in [9.17, 15) is 0 Å². The van der Waals surface area contributed by atoms with E-state index >= 15 is 0 Å². The van der Waals surface area contributed by atoms with Crippen LogP contribution in [0.2, 0.25) is 0 Å². The molecular weight excluding hydrogens is 200 g/mol. The zero-order valence-electron chi connectivity index (χ0n) is 7.68. The Labute approximate surface area is 87.3 Å². The van der Waals surface area contributed by atoms with Gasteiger partial charge in [0.05, 0.1) is 6.54 Å². The summed E-state index contributed by atoms with van der Waals surface area (Å²) in [6.45, 7) is 0.789. The van der Waals surface area contributed by atoms with Crippen molar-refractivity contribution < 1.29 is 8.57 Å². The van der Waals surface area contributed by atoms with E-state index in [0.29, 0.717) is 0 Å². The maximum absolute atomic E-state index is 5.58. The average molecular weight is 212 g/mol. The molecule has 2 N–H and O–H groups in total. The lowest BCUT2D eigenvalue weighted by atomic mass is 10.1. The fourth-order valence-corrected chi connectivity index (χ4v) is 1.54. The summed E-state index contributed by atoms with van der Waals surface area (Å²) < 4.78 is 9.79. The van der Waals surface area contributed by atoms with Gasteiger partial charge in [-0.1, -0.05) is 12.1 Å². The van der Waals surface area contributed by atoms with Gasteiger partial charge in [0.2, 0.25) is 12.3 Å². The molecule has 0 unspecified atom stereocenters. The lowest BCUT2D eigenvalue weighted by Gasteiger charge is -2.24. The molecule has 1 aromatic rings. The predicted molar refractivity (Wildman–Crippen MR) is 55.6 cm³/mol. The van der Waals surface area contributed by atoms with Crippen molar-refractivity contribution in [2.45, 2.75) is 12.8 Å². The molecule has 76 valence electrons. The van der Waals surface area contributed by atoms with Gasteiger partial charge in [-0.05, 0) is 35.8 Å². The van der Waals surface area contributed by atoms with Crippen molar-refractivity contribution in [3.05, 3.63) is 29.8 Å². The lowest BCUT2D eigenvalue weighted by Crippen LogP contribution is -2.28. The molecule has 0 aliphatic carbocycles. The molecule has 1 aliphatic rings. The first-order chi connectivity index (χ1) is 6.84. The number of hydrogen-bond donors (Lipinski definition) is 1. The number of nitrogens with two attached hydrogens (primary N) is 1. The second-order valence-corrected chi connectivity index (χ2v) is 3.55. The van der Waals surface area contributed by atoms with E-state index in [1.165, 1.54) is 10.8 Å². The number of nitrogen functional groups attached to an aromatic ring is 1. The Kier molecular flexibility index (Phi) is 3.26. The standard InChI is InChI=1S/C9H12N2O2S/c10-9-5-3-8(4-6-9)2-1-7-11-12-14-13-11/h3-6H,1-2,7,10H2. The van der Waals surface area contributed by atoms with E-state index in [4.69, 9.17) is 14.3 Å². The molecule has 1 aromatic carbocycles. The molecule has 0 spiro atoms. The van der Waals surface area contributed by atoms with E-state index in [1.54, 1.807) is 0 Å². The molecule has 0 bridgehead atoms. The fourth-order valence-electron chi connectivity index (χ4n) is 1.24. The van der Waals surface area contributed by atoms with Crippen LogP contribution in [0, 0.1) is 0 Å². The topological polar surface area (TPSA) is 47.7 Å². The second-order valence-electron chi connectivity index (χ2n) is 3.12. The van der Waals surface area contributed by atoms with Crippen LogP contribution in [0.1, 0.15) is 12.0 Å². The molecule has 1 aliphatic heterocycles. The van der Waals surface area contributed by atoms with E-state index in [-0.39, 0.29) is 0 Å². The number of anilines is 1. The van der Waals surface area contributed by atoms with Gasteiger partial charge in [0.1, 0.15) is 0 Å². The van der Waals surface area contributed by atoms with Crippen LogP contribution < -0.4 is 5.73 Å². The van der Waals surface area contributed by atoms with E-state index in [0.717, 1.165) is 37.4 Å². The summed E-state index contributed by atoms with van der Waals surface area (Å²) in [5.74, 6) is 0. The Morgan fingerprint density at radius 3 is 2.50 bits per heavy atom. The molecule has 0 saturated carbocycles. The first-order valence-electron chi connectivity index (χ1n) is 4.48. The minimum Gasteiger partial charge on any atom is -0.399 e. The summed E-state index contributed by atoms with van der Waals surface area (Å²) in [5, 5.41) is 1.47. The Morgan fingerprint density at radius 1 is 1.21 bits per heavy atom. The van der Waals surface area contributed by atoms with Gasteiger partial charge >= 0.3 is 0 Å². The summed E-state index contributed by atoms with van der Waals surface area (Å²) in [6, 6.07) is 7.92. The van der Waals surface area contributed by atoms with Gasteiger partial charge in [0, 0.05) is 5.69 Å². The number of rotatable bonds is 4. The van der Waals surface area contributed by atoms with E-state index in [1.807, 2.05) is 24.3 Å². The highest BCUT2D eigenvalue weighted by Crippen LogP contribution is 2.23. The Bertz CT molecular complexity index is 287. The minimum atomic E-state index is 0.789. The van der Waals surface area contributed by atoms with Crippen LogP contribution in [0.15, 0.2) is 24.3 Å².